The molecule has 2 heterocycles. The highest BCUT2D eigenvalue weighted by Crippen LogP contribution is 2.35. The number of fused-ring (bicyclic) bond motifs is 1. The molecule has 28 heavy (non-hydrogen) atoms. The predicted octanol–water partition coefficient (Wildman–Crippen LogP) is 2.66. The first-order valence-corrected chi connectivity index (χ1v) is 9.88. The number of benzene rings is 2. The summed E-state index contributed by atoms with van der Waals surface area (Å²) in [7, 11) is 0. The van der Waals surface area contributed by atoms with E-state index in [-0.39, 0.29) is 18.8 Å². The van der Waals surface area contributed by atoms with Gasteiger partial charge in [-0.1, -0.05) is 18.2 Å². The number of aliphatic hydroxyl groups is 1. The monoisotopic (exact) mass is 382 g/mol. The summed E-state index contributed by atoms with van der Waals surface area (Å²) in [5.41, 5.74) is 2.70. The number of ether oxygens (including phenoxy) is 2. The molecule has 2 N–H and O–H groups in total. The molecule has 1 atom stereocenters. The number of carbonyl (C=O) groups excluding carboxylic acids is 1. The van der Waals surface area contributed by atoms with Gasteiger partial charge in [0.1, 0.15) is 0 Å². The Kier molecular flexibility index (Phi) is 5.78. The summed E-state index contributed by atoms with van der Waals surface area (Å²) in [4.78, 5) is 14.6. The molecule has 2 aliphatic rings. The standard InChI is InChI=1S/C22H26N2O4/c25-19-3-1-11-24(14-19)12-2-10-23-22(26)17-6-4-16(5-7-17)18-8-9-20-21(13-18)28-15-27-20/h4-9,13,19,25H,1-3,10-12,14-15H2,(H,23,26). The lowest BCUT2D eigenvalue weighted by molar-refractivity contribution is 0.0697. The van der Waals surface area contributed by atoms with Crippen molar-refractivity contribution in [2.24, 2.45) is 0 Å². The molecule has 4 rings (SSSR count). The molecule has 0 saturated carbocycles. The fraction of sp³-hybridized carbons (Fsp3) is 0.409. The minimum Gasteiger partial charge on any atom is -0.454 e. The molecule has 2 aromatic carbocycles. The number of likely N-dealkylation sites (tertiary alicyclic amines) is 1. The summed E-state index contributed by atoms with van der Waals surface area (Å²) in [5, 5.41) is 12.7. The third-order valence-corrected chi connectivity index (χ3v) is 5.27. The van der Waals surface area contributed by atoms with Crippen molar-refractivity contribution in [3.63, 3.8) is 0 Å². The quantitative estimate of drug-likeness (QED) is 0.752. The Bertz CT molecular complexity index is 822. The van der Waals surface area contributed by atoms with Gasteiger partial charge in [-0.05, 0) is 67.7 Å². The summed E-state index contributed by atoms with van der Waals surface area (Å²) < 4.78 is 10.8. The Morgan fingerprint density at radius 1 is 1.11 bits per heavy atom. The SMILES string of the molecule is O=C(NCCCN1CCCC(O)C1)c1ccc(-c2ccc3c(c2)OCO3)cc1. The second-order valence-electron chi connectivity index (χ2n) is 7.35. The van der Waals surface area contributed by atoms with Gasteiger partial charge in [-0.2, -0.15) is 0 Å². The van der Waals surface area contributed by atoms with Gasteiger partial charge in [0.15, 0.2) is 11.5 Å². The zero-order valence-electron chi connectivity index (χ0n) is 15.9. The summed E-state index contributed by atoms with van der Waals surface area (Å²) in [6.45, 7) is 3.58. The van der Waals surface area contributed by atoms with Crippen LogP contribution in [0.15, 0.2) is 42.5 Å². The molecule has 1 fully saturated rings. The minimum atomic E-state index is -0.202. The van der Waals surface area contributed by atoms with E-state index in [0.717, 1.165) is 61.5 Å². The molecule has 0 radical (unpaired) electrons. The van der Waals surface area contributed by atoms with Crippen LogP contribution >= 0.6 is 0 Å². The number of β-amino-alcohol motifs (C(OH)–C–C–N with tert-alkyl or cyclic N) is 1. The van der Waals surface area contributed by atoms with Crippen LogP contribution in [-0.2, 0) is 0 Å². The van der Waals surface area contributed by atoms with Crippen molar-refractivity contribution < 1.29 is 19.4 Å². The molecule has 0 bridgehead atoms. The van der Waals surface area contributed by atoms with Crippen molar-refractivity contribution in [3.05, 3.63) is 48.0 Å². The van der Waals surface area contributed by atoms with Gasteiger partial charge in [0, 0.05) is 18.7 Å². The van der Waals surface area contributed by atoms with Crippen LogP contribution in [0.5, 0.6) is 11.5 Å². The van der Waals surface area contributed by atoms with Crippen molar-refractivity contribution in [3.8, 4) is 22.6 Å². The summed E-state index contributed by atoms with van der Waals surface area (Å²) >= 11 is 0. The molecular formula is C22H26N2O4. The summed E-state index contributed by atoms with van der Waals surface area (Å²) in [5.74, 6) is 1.45. The van der Waals surface area contributed by atoms with Gasteiger partial charge in [-0.15, -0.1) is 0 Å². The van der Waals surface area contributed by atoms with E-state index in [1.54, 1.807) is 0 Å². The van der Waals surface area contributed by atoms with E-state index < -0.39 is 0 Å². The van der Waals surface area contributed by atoms with Gasteiger partial charge in [-0.3, -0.25) is 4.79 Å². The number of piperidine rings is 1. The number of nitrogens with one attached hydrogen (secondary N) is 1. The second-order valence-corrected chi connectivity index (χ2v) is 7.35. The van der Waals surface area contributed by atoms with E-state index in [1.807, 2.05) is 42.5 Å². The number of aliphatic hydroxyl groups excluding tert-OH is 1. The van der Waals surface area contributed by atoms with Crippen molar-refractivity contribution in [2.45, 2.75) is 25.4 Å². The van der Waals surface area contributed by atoms with E-state index in [4.69, 9.17) is 9.47 Å². The summed E-state index contributed by atoms with van der Waals surface area (Å²) in [6, 6.07) is 13.4. The van der Waals surface area contributed by atoms with Gasteiger partial charge in [0.25, 0.3) is 5.91 Å². The first-order chi connectivity index (χ1) is 13.7. The average Bonchev–Trinajstić information content (AvgIpc) is 3.19. The smallest absolute Gasteiger partial charge is 0.251 e. The highest BCUT2D eigenvalue weighted by atomic mass is 16.7. The van der Waals surface area contributed by atoms with E-state index >= 15 is 0 Å². The Labute approximate surface area is 165 Å². The lowest BCUT2D eigenvalue weighted by Gasteiger charge is -2.29. The van der Waals surface area contributed by atoms with Crippen molar-refractivity contribution in [1.29, 1.82) is 0 Å². The maximum atomic E-state index is 12.3. The Hall–Kier alpha value is -2.57. The Morgan fingerprint density at radius 2 is 1.89 bits per heavy atom. The number of carbonyl (C=O) groups is 1. The van der Waals surface area contributed by atoms with Crippen LogP contribution in [0.3, 0.4) is 0 Å². The normalized spacial score (nSPS) is 18.8. The molecule has 0 spiro atoms. The second kappa shape index (κ2) is 8.63. The molecule has 1 unspecified atom stereocenters. The van der Waals surface area contributed by atoms with Crippen LogP contribution in [0.1, 0.15) is 29.6 Å². The van der Waals surface area contributed by atoms with Crippen molar-refractivity contribution in [2.75, 3.05) is 33.0 Å². The lowest BCUT2D eigenvalue weighted by atomic mass is 10.0. The molecule has 0 aliphatic carbocycles. The molecular weight excluding hydrogens is 356 g/mol. The van der Waals surface area contributed by atoms with Crippen LogP contribution in [0, 0.1) is 0 Å². The highest BCUT2D eigenvalue weighted by molar-refractivity contribution is 5.94. The van der Waals surface area contributed by atoms with Crippen LogP contribution in [0.25, 0.3) is 11.1 Å². The van der Waals surface area contributed by atoms with Gasteiger partial charge in [-0.25, -0.2) is 0 Å². The maximum absolute atomic E-state index is 12.3. The number of hydrogen-bond acceptors (Lipinski definition) is 5. The largest absolute Gasteiger partial charge is 0.454 e. The molecule has 1 amide bonds. The van der Waals surface area contributed by atoms with E-state index in [1.165, 1.54) is 0 Å². The van der Waals surface area contributed by atoms with Crippen molar-refractivity contribution in [1.82, 2.24) is 10.2 Å². The highest BCUT2D eigenvalue weighted by Gasteiger charge is 2.17. The number of amides is 1. The first kappa shape index (κ1) is 18.8. The molecule has 148 valence electrons. The van der Waals surface area contributed by atoms with E-state index in [2.05, 4.69) is 10.2 Å². The maximum Gasteiger partial charge on any atom is 0.251 e. The van der Waals surface area contributed by atoms with Gasteiger partial charge in [0.05, 0.1) is 6.10 Å². The Balaban J connectivity index is 1.27. The lowest BCUT2D eigenvalue weighted by Crippen LogP contribution is -2.39. The van der Waals surface area contributed by atoms with Gasteiger partial charge >= 0.3 is 0 Å². The van der Waals surface area contributed by atoms with E-state index in [0.29, 0.717) is 12.1 Å². The van der Waals surface area contributed by atoms with E-state index in [9.17, 15) is 9.90 Å². The van der Waals surface area contributed by atoms with Crippen molar-refractivity contribution >= 4 is 5.91 Å². The average molecular weight is 382 g/mol. The molecule has 1 saturated heterocycles. The zero-order valence-corrected chi connectivity index (χ0v) is 15.9. The van der Waals surface area contributed by atoms with Gasteiger partial charge in [0.2, 0.25) is 6.79 Å². The molecule has 2 aromatic rings. The zero-order chi connectivity index (χ0) is 19.3. The topological polar surface area (TPSA) is 71.0 Å². The minimum absolute atomic E-state index is 0.0593. The molecule has 2 aliphatic heterocycles. The van der Waals surface area contributed by atoms with Gasteiger partial charge < -0.3 is 24.8 Å². The molecule has 6 nitrogen and oxygen atoms in total. The summed E-state index contributed by atoms with van der Waals surface area (Å²) in [6.07, 6.45) is 2.62. The first-order valence-electron chi connectivity index (χ1n) is 9.88. The third-order valence-electron chi connectivity index (χ3n) is 5.27. The number of hydrogen-bond donors (Lipinski definition) is 2. The predicted molar refractivity (Wildman–Crippen MR) is 107 cm³/mol. The Morgan fingerprint density at radius 3 is 2.71 bits per heavy atom. The molecule has 6 heteroatoms. The van der Waals surface area contributed by atoms with Crippen LogP contribution in [0.2, 0.25) is 0 Å². The fourth-order valence-corrected chi connectivity index (χ4v) is 3.73. The number of nitrogens with zero attached hydrogens (tertiary/aromatic N) is 1. The fourth-order valence-electron chi connectivity index (χ4n) is 3.73. The van der Waals surface area contributed by atoms with Crippen LogP contribution in [0.4, 0.5) is 0 Å². The van der Waals surface area contributed by atoms with Crippen LogP contribution in [-0.4, -0.2) is 55.0 Å². The van der Waals surface area contributed by atoms with Crippen LogP contribution < -0.4 is 14.8 Å². The molecule has 0 aromatic heterocycles. The number of rotatable bonds is 6. The third kappa shape index (κ3) is 4.46.